The molecule has 0 fully saturated rings. The first kappa shape index (κ1) is 5.67. The Morgan fingerprint density at radius 3 is 3.30 bits per heavy atom. The molecule has 1 N–H and O–H groups in total. The Kier molecular flexibility index (Phi) is 0.960. The maximum absolute atomic E-state index is 10.9. The van der Waals surface area contributed by atoms with Gasteiger partial charge in [-0.1, -0.05) is 0 Å². The summed E-state index contributed by atoms with van der Waals surface area (Å²) in [7, 11) is 1.70. The van der Waals surface area contributed by atoms with Gasteiger partial charge in [-0.2, -0.15) is 0 Å². The maximum Gasteiger partial charge on any atom is 0.328 e. The minimum atomic E-state index is -0.102. The molecule has 0 aliphatic heterocycles. The average molecular weight is 155 g/mol. The van der Waals surface area contributed by atoms with Crippen LogP contribution in [0.25, 0.3) is 10.5 Å². The highest BCUT2D eigenvalue weighted by molar-refractivity contribution is 7.16. The molecule has 0 unspecified atom stereocenters. The van der Waals surface area contributed by atoms with Crippen LogP contribution >= 0.6 is 11.3 Å². The summed E-state index contributed by atoms with van der Waals surface area (Å²) in [5, 5.41) is 0. The molecule has 0 saturated carbocycles. The smallest absolute Gasteiger partial charge is 0.296 e. The molecule has 0 bridgehead atoms. The number of fused-ring (bicyclic) bond motifs is 1. The number of rotatable bonds is 0. The Balaban J connectivity index is 3.09. The fourth-order valence-corrected chi connectivity index (χ4v) is 1.54. The van der Waals surface area contributed by atoms with Gasteiger partial charge in [-0.25, -0.2) is 9.78 Å². The monoisotopic (exact) mass is 155 g/mol. The molecule has 0 aliphatic rings. The third kappa shape index (κ3) is 0.550. The second-order valence-electron chi connectivity index (χ2n) is 1.99. The summed E-state index contributed by atoms with van der Waals surface area (Å²) in [6.07, 6.45) is 0. The molecule has 0 spiro atoms. The van der Waals surface area contributed by atoms with Gasteiger partial charge in [0.15, 0.2) is 5.65 Å². The first-order valence-electron chi connectivity index (χ1n) is 2.77. The number of imidazole rings is 1. The van der Waals surface area contributed by atoms with Crippen molar-refractivity contribution in [1.29, 1.82) is 0 Å². The van der Waals surface area contributed by atoms with E-state index < -0.39 is 0 Å². The number of thiazole rings is 1. The molecule has 2 rings (SSSR count). The van der Waals surface area contributed by atoms with Gasteiger partial charge in [0.1, 0.15) is 4.83 Å². The van der Waals surface area contributed by atoms with E-state index >= 15 is 0 Å². The second-order valence-corrected chi connectivity index (χ2v) is 2.85. The molecular formula is C5H5N3OS. The molecule has 0 aliphatic carbocycles. The zero-order valence-corrected chi connectivity index (χ0v) is 6.10. The van der Waals surface area contributed by atoms with Crippen LogP contribution in [0.5, 0.6) is 0 Å². The van der Waals surface area contributed by atoms with Gasteiger partial charge < -0.3 is 0 Å². The molecule has 0 amide bonds. The zero-order valence-electron chi connectivity index (χ0n) is 5.29. The maximum atomic E-state index is 10.9. The summed E-state index contributed by atoms with van der Waals surface area (Å²) < 4.78 is 1.49. The highest BCUT2D eigenvalue weighted by Crippen LogP contribution is 2.10. The van der Waals surface area contributed by atoms with E-state index in [1.54, 1.807) is 12.6 Å². The minimum absolute atomic E-state index is 0.102. The van der Waals surface area contributed by atoms with Crippen LogP contribution < -0.4 is 5.69 Å². The van der Waals surface area contributed by atoms with E-state index in [0.29, 0.717) is 0 Å². The van der Waals surface area contributed by atoms with Crippen molar-refractivity contribution < 1.29 is 0 Å². The van der Waals surface area contributed by atoms with Crippen LogP contribution in [-0.2, 0) is 7.05 Å². The molecule has 0 aromatic carbocycles. The summed E-state index contributed by atoms with van der Waals surface area (Å²) in [5.74, 6) is 0. The SMILES string of the molecule is Cn1c(=O)[nH]c2scnc21. The number of aromatic amines is 1. The van der Waals surface area contributed by atoms with Crippen LogP contribution in [-0.4, -0.2) is 14.5 Å². The highest BCUT2D eigenvalue weighted by Gasteiger charge is 2.02. The minimum Gasteiger partial charge on any atom is -0.296 e. The lowest BCUT2D eigenvalue weighted by Crippen LogP contribution is -2.12. The standard InChI is InChI=1S/C5H5N3OS/c1-8-3-4(7-5(8)9)10-2-6-3/h2H,1H3,(H,7,9). The topological polar surface area (TPSA) is 50.7 Å². The number of nitrogens with zero attached hydrogens (tertiary/aromatic N) is 2. The molecular weight excluding hydrogens is 150 g/mol. The van der Waals surface area contributed by atoms with E-state index in [0.717, 1.165) is 10.5 Å². The number of aryl methyl sites for hydroxylation is 1. The van der Waals surface area contributed by atoms with Crippen molar-refractivity contribution in [3.8, 4) is 0 Å². The van der Waals surface area contributed by atoms with Crippen LogP contribution in [0, 0.1) is 0 Å². The molecule has 0 atom stereocenters. The van der Waals surface area contributed by atoms with Crippen molar-refractivity contribution in [2.45, 2.75) is 0 Å². The summed E-state index contributed by atoms with van der Waals surface area (Å²) in [4.78, 5) is 18.4. The van der Waals surface area contributed by atoms with Gasteiger partial charge in [0, 0.05) is 7.05 Å². The first-order chi connectivity index (χ1) is 4.79. The lowest BCUT2D eigenvalue weighted by Gasteiger charge is -1.81. The first-order valence-corrected chi connectivity index (χ1v) is 3.65. The number of aromatic nitrogens is 3. The number of hydrogen-bond donors (Lipinski definition) is 1. The van der Waals surface area contributed by atoms with Crippen LogP contribution in [0.3, 0.4) is 0 Å². The second kappa shape index (κ2) is 1.69. The van der Waals surface area contributed by atoms with E-state index in [1.165, 1.54) is 15.9 Å². The van der Waals surface area contributed by atoms with Gasteiger partial charge in [-0.15, -0.1) is 11.3 Å². The lowest BCUT2D eigenvalue weighted by molar-refractivity contribution is 0.879. The molecule has 0 radical (unpaired) electrons. The fraction of sp³-hybridized carbons (Fsp3) is 0.200. The molecule has 0 saturated heterocycles. The van der Waals surface area contributed by atoms with Gasteiger partial charge in [0.25, 0.3) is 0 Å². The van der Waals surface area contributed by atoms with E-state index in [4.69, 9.17) is 0 Å². The fourth-order valence-electron chi connectivity index (χ4n) is 0.842. The zero-order chi connectivity index (χ0) is 7.14. The van der Waals surface area contributed by atoms with E-state index in [-0.39, 0.29) is 5.69 Å². The molecule has 2 heterocycles. The molecule has 4 nitrogen and oxygen atoms in total. The molecule has 10 heavy (non-hydrogen) atoms. The summed E-state index contributed by atoms with van der Waals surface area (Å²) in [5.41, 5.74) is 2.34. The van der Waals surface area contributed by atoms with Crippen molar-refractivity contribution >= 4 is 21.8 Å². The summed E-state index contributed by atoms with van der Waals surface area (Å²) in [6, 6.07) is 0. The summed E-state index contributed by atoms with van der Waals surface area (Å²) in [6.45, 7) is 0. The Morgan fingerprint density at radius 2 is 2.60 bits per heavy atom. The van der Waals surface area contributed by atoms with Gasteiger partial charge in [-0.05, 0) is 0 Å². The van der Waals surface area contributed by atoms with Crippen molar-refractivity contribution in [2.75, 3.05) is 0 Å². The van der Waals surface area contributed by atoms with Crippen LogP contribution in [0.15, 0.2) is 10.3 Å². The number of H-pyrrole nitrogens is 1. The van der Waals surface area contributed by atoms with Crippen LogP contribution in [0.1, 0.15) is 0 Å². The average Bonchev–Trinajstić information content (AvgIpc) is 2.41. The van der Waals surface area contributed by atoms with Crippen molar-refractivity contribution in [3.63, 3.8) is 0 Å². The molecule has 2 aromatic rings. The highest BCUT2D eigenvalue weighted by atomic mass is 32.1. The van der Waals surface area contributed by atoms with Gasteiger partial charge >= 0.3 is 5.69 Å². The normalized spacial score (nSPS) is 10.9. The van der Waals surface area contributed by atoms with E-state index in [2.05, 4.69) is 9.97 Å². The third-order valence-electron chi connectivity index (χ3n) is 1.39. The van der Waals surface area contributed by atoms with Crippen molar-refractivity contribution in [2.24, 2.45) is 7.05 Å². The van der Waals surface area contributed by atoms with Gasteiger partial charge in [-0.3, -0.25) is 9.55 Å². The predicted molar refractivity (Wildman–Crippen MR) is 39.2 cm³/mol. The molecule has 2 aromatic heterocycles. The lowest BCUT2D eigenvalue weighted by atomic mass is 10.8. The number of hydrogen-bond acceptors (Lipinski definition) is 3. The quantitative estimate of drug-likeness (QED) is 0.595. The largest absolute Gasteiger partial charge is 0.328 e. The van der Waals surface area contributed by atoms with Crippen molar-refractivity contribution in [1.82, 2.24) is 14.5 Å². The van der Waals surface area contributed by atoms with E-state index in [1.807, 2.05) is 0 Å². The third-order valence-corrected chi connectivity index (χ3v) is 2.12. The number of nitrogens with one attached hydrogen (secondary N) is 1. The Hall–Kier alpha value is -1.10. The molecule has 5 heteroatoms. The summed E-state index contributed by atoms with van der Waals surface area (Å²) >= 11 is 1.43. The Labute approximate surface area is 60.1 Å². The van der Waals surface area contributed by atoms with Crippen LogP contribution in [0.4, 0.5) is 0 Å². The molecule has 52 valence electrons. The van der Waals surface area contributed by atoms with Crippen LogP contribution in [0.2, 0.25) is 0 Å². The Bertz CT molecular complexity index is 410. The van der Waals surface area contributed by atoms with Gasteiger partial charge in [0.2, 0.25) is 0 Å². The Morgan fingerprint density at radius 1 is 1.80 bits per heavy atom. The van der Waals surface area contributed by atoms with E-state index in [9.17, 15) is 4.79 Å². The van der Waals surface area contributed by atoms with Gasteiger partial charge in [0.05, 0.1) is 5.51 Å². The predicted octanol–water partition coefficient (Wildman–Crippen LogP) is 0.323. The van der Waals surface area contributed by atoms with Crippen molar-refractivity contribution in [3.05, 3.63) is 16.0 Å².